The first kappa shape index (κ1) is 14.8. The van der Waals surface area contributed by atoms with Gasteiger partial charge in [0.15, 0.2) is 0 Å². The summed E-state index contributed by atoms with van der Waals surface area (Å²) in [5.74, 6) is -0.853. The number of carboxylic acid groups (broad SMARTS) is 1. The van der Waals surface area contributed by atoms with Crippen LogP contribution in [-0.2, 0) is 9.53 Å². The van der Waals surface area contributed by atoms with Crippen LogP contribution < -0.4 is 5.32 Å². The number of methoxy groups -OCH3 is 1. The molecule has 0 aromatic carbocycles. The number of urea groups is 1. The molecule has 0 aromatic heterocycles. The Kier molecular flexibility index (Phi) is 4.21. The van der Waals surface area contributed by atoms with E-state index in [-0.39, 0.29) is 12.6 Å². The van der Waals surface area contributed by atoms with Crippen molar-refractivity contribution >= 4 is 12.0 Å². The minimum absolute atomic E-state index is 0.234. The van der Waals surface area contributed by atoms with Crippen LogP contribution in [0.25, 0.3) is 0 Å². The second kappa shape index (κ2) is 5.14. The van der Waals surface area contributed by atoms with E-state index in [1.54, 1.807) is 18.9 Å². The minimum atomic E-state index is -0.853. The SMILES string of the molecule is COCC(C)(C)NC(=O)N1CCC(C)(C(=O)O)C1. The lowest BCUT2D eigenvalue weighted by Gasteiger charge is -2.29. The highest BCUT2D eigenvalue weighted by molar-refractivity contribution is 5.79. The van der Waals surface area contributed by atoms with Crippen LogP contribution in [0.2, 0.25) is 0 Å². The molecule has 1 rings (SSSR count). The van der Waals surface area contributed by atoms with Gasteiger partial charge >= 0.3 is 12.0 Å². The third kappa shape index (κ3) is 3.35. The van der Waals surface area contributed by atoms with Crippen LogP contribution in [0.5, 0.6) is 0 Å². The number of carbonyl (C=O) groups is 2. The van der Waals surface area contributed by atoms with Crippen molar-refractivity contribution in [3.63, 3.8) is 0 Å². The number of hydrogen-bond donors (Lipinski definition) is 2. The Morgan fingerprint density at radius 1 is 1.50 bits per heavy atom. The van der Waals surface area contributed by atoms with E-state index in [2.05, 4.69) is 5.32 Å². The van der Waals surface area contributed by atoms with Crippen LogP contribution in [0.3, 0.4) is 0 Å². The smallest absolute Gasteiger partial charge is 0.317 e. The number of nitrogens with zero attached hydrogens (tertiary/aromatic N) is 1. The molecule has 6 heteroatoms. The fraction of sp³-hybridized carbons (Fsp3) is 0.833. The van der Waals surface area contributed by atoms with Crippen LogP contribution in [0.15, 0.2) is 0 Å². The van der Waals surface area contributed by atoms with Crippen LogP contribution in [0, 0.1) is 5.41 Å². The first-order valence-corrected chi connectivity index (χ1v) is 6.00. The van der Waals surface area contributed by atoms with Crippen LogP contribution in [0.1, 0.15) is 27.2 Å². The Morgan fingerprint density at radius 2 is 2.11 bits per heavy atom. The second-order valence-corrected chi connectivity index (χ2v) is 5.78. The zero-order valence-corrected chi connectivity index (χ0v) is 11.4. The van der Waals surface area contributed by atoms with Crippen molar-refractivity contribution in [2.45, 2.75) is 32.7 Å². The van der Waals surface area contributed by atoms with Crippen molar-refractivity contribution < 1.29 is 19.4 Å². The molecule has 0 saturated carbocycles. The third-order valence-corrected chi connectivity index (χ3v) is 3.23. The lowest BCUT2D eigenvalue weighted by molar-refractivity contribution is -0.147. The molecule has 0 aromatic rings. The standard InChI is InChI=1S/C12H22N2O4/c1-11(2,8-18-4)13-10(17)14-6-5-12(3,7-14)9(15)16/h5-8H2,1-4H3,(H,13,17)(H,15,16). The number of hydrogen-bond acceptors (Lipinski definition) is 3. The Bertz CT molecular complexity index is 343. The monoisotopic (exact) mass is 258 g/mol. The summed E-state index contributed by atoms with van der Waals surface area (Å²) >= 11 is 0. The van der Waals surface area contributed by atoms with Gasteiger partial charge in [0.1, 0.15) is 0 Å². The predicted molar refractivity (Wildman–Crippen MR) is 66.4 cm³/mol. The molecule has 104 valence electrons. The van der Waals surface area contributed by atoms with Crippen molar-refractivity contribution in [3.8, 4) is 0 Å². The van der Waals surface area contributed by atoms with Gasteiger partial charge in [0, 0.05) is 20.2 Å². The van der Waals surface area contributed by atoms with E-state index in [9.17, 15) is 9.59 Å². The molecule has 6 nitrogen and oxygen atoms in total. The molecule has 1 atom stereocenters. The molecule has 0 radical (unpaired) electrons. The number of amides is 2. The number of carboxylic acids is 1. The molecule has 0 bridgehead atoms. The highest BCUT2D eigenvalue weighted by Gasteiger charge is 2.42. The topological polar surface area (TPSA) is 78.9 Å². The molecule has 1 saturated heterocycles. The molecule has 1 aliphatic rings. The van der Waals surface area contributed by atoms with Gasteiger partial charge in [-0.3, -0.25) is 4.79 Å². The predicted octanol–water partition coefficient (Wildman–Crippen LogP) is 0.918. The number of rotatable bonds is 4. The van der Waals surface area contributed by atoms with E-state index in [0.29, 0.717) is 19.6 Å². The average molecular weight is 258 g/mol. The van der Waals surface area contributed by atoms with E-state index >= 15 is 0 Å². The summed E-state index contributed by atoms with van der Waals surface area (Å²) in [6, 6.07) is -0.234. The molecular weight excluding hydrogens is 236 g/mol. The Hall–Kier alpha value is -1.30. The highest BCUT2D eigenvalue weighted by atomic mass is 16.5. The molecule has 1 heterocycles. The Labute approximate surface area is 107 Å². The largest absolute Gasteiger partial charge is 0.481 e. The van der Waals surface area contributed by atoms with Crippen LogP contribution in [0.4, 0.5) is 4.79 Å². The maximum Gasteiger partial charge on any atom is 0.317 e. The number of carbonyl (C=O) groups excluding carboxylic acids is 1. The van der Waals surface area contributed by atoms with Gasteiger partial charge in [-0.15, -0.1) is 0 Å². The molecule has 0 aliphatic carbocycles. The van der Waals surface area contributed by atoms with Gasteiger partial charge in [0.25, 0.3) is 0 Å². The first-order chi connectivity index (χ1) is 8.20. The zero-order valence-electron chi connectivity index (χ0n) is 11.4. The fourth-order valence-corrected chi connectivity index (χ4v) is 2.07. The van der Waals surface area contributed by atoms with Crippen molar-refractivity contribution in [1.29, 1.82) is 0 Å². The average Bonchev–Trinajstić information content (AvgIpc) is 2.61. The van der Waals surface area contributed by atoms with Crippen molar-refractivity contribution in [2.24, 2.45) is 5.41 Å². The lowest BCUT2D eigenvalue weighted by atomic mass is 9.90. The van der Waals surface area contributed by atoms with Gasteiger partial charge in [0.2, 0.25) is 0 Å². The normalized spacial score (nSPS) is 24.1. The molecular formula is C12H22N2O4. The van der Waals surface area contributed by atoms with Crippen molar-refractivity contribution in [2.75, 3.05) is 26.8 Å². The summed E-state index contributed by atoms with van der Waals surface area (Å²) in [6.45, 7) is 6.52. The molecule has 2 amide bonds. The molecule has 18 heavy (non-hydrogen) atoms. The van der Waals surface area contributed by atoms with E-state index < -0.39 is 16.9 Å². The maximum atomic E-state index is 12.0. The summed E-state index contributed by atoms with van der Waals surface area (Å²) in [6.07, 6.45) is 0.487. The van der Waals surface area contributed by atoms with E-state index in [1.807, 2.05) is 13.8 Å². The summed E-state index contributed by atoms with van der Waals surface area (Å²) in [5, 5.41) is 12.0. The maximum absolute atomic E-state index is 12.0. The first-order valence-electron chi connectivity index (χ1n) is 6.00. The number of aliphatic carboxylic acids is 1. The van der Waals surface area contributed by atoms with Crippen LogP contribution in [-0.4, -0.2) is 54.4 Å². The fourth-order valence-electron chi connectivity index (χ4n) is 2.07. The van der Waals surface area contributed by atoms with Gasteiger partial charge in [0.05, 0.1) is 17.6 Å². The van der Waals surface area contributed by atoms with Gasteiger partial charge < -0.3 is 20.1 Å². The van der Waals surface area contributed by atoms with Gasteiger partial charge in [-0.1, -0.05) is 0 Å². The lowest BCUT2D eigenvalue weighted by Crippen LogP contribution is -2.52. The quantitative estimate of drug-likeness (QED) is 0.786. The van der Waals surface area contributed by atoms with E-state index in [1.165, 1.54) is 0 Å². The van der Waals surface area contributed by atoms with Gasteiger partial charge in [-0.05, 0) is 27.2 Å². The minimum Gasteiger partial charge on any atom is -0.481 e. The number of likely N-dealkylation sites (tertiary alicyclic amines) is 1. The van der Waals surface area contributed by atoms with E-state index in [0.717, 1.165) is 0 Å². The van der Waals surface area contributed by atoms with Crippen LogP contribution >= 0.6 is 0 Å². The Morgan fingerprint density at radius 3 is 2.56 bits per heavy atom. The van der Waals surface area contributed by atoms with E-state index in [4.69, 9.17) is 9.84 Å². The molecule has 2 N–H and O–H groups in total. The summed E-state index contributed by atoms with van der Waals surface area (Å²) in [4.78, 5) is 24.7. The summed E-state index contributed by atoms with van der Waals surface area (Å²) in [7, 11) is 1.57. The van der Waals surface area contributed by atoms with Crippen molar-refractivity contribution in [3.05, 3.63) is 0 Å². The van der Waals surface area contributed by atoms with Gasteiger partial charge in [-0.25, -0.2) is 4.79 Å². The molecule has 0 spiro atoms. The summed E-state index contributed by atoms with van der Waals surface area (Å²) < 4.78 is 5.02. The number of ether oxygens (including phenoxy) is 1. The molecule has 1 aliphatic heterocycles. The Balaban J connectivity index is 2.58. The number of nitrogens with one attached hydrogen (secondary N) is 1. The molecule has 1 unspecified atom stereocenters. The summed E-state index contributed by atoms with van der Waals surface area (Å²) in [5.41, 5.74) is -1.29. The van der Waals surface area contributed by atoms with Gasteiger partial charge in [-0.2, -0.15) is 0 Å². The zero-order chi connectivity index (χ0) is 14.0. The second-order valence-electron chi connectivity index (χ2n) is 5.78. The highest BCUT2D eigenvalue weighted by Crippen LogP contribution is 2.30. The molecule has 1 fully saturated rings. The van der Waals surface area contributed by atoms with Crippen molar-refractivity contribution in [1.82, 2.24) is 10.2 Å². The third-order valence-electron chi connectivity index (χ3n) is 3.23.